The molecule has 0 amide bonds. The zero-order valence-corrected chi connectivity index (χ0v) is 10.9. The second kappa shape index (κ2) is 5.73. The van der Waals surface area contributed by atoms with Gasteiger partial charge in [-0.2, -0.15) is 0 Å². The highest BCUT2D eigenvalue weighted by Gasteiger charge is 2.20. The van der Waals surface area contributed by atoms with Crippen LogP contribution in [0, 0.1) is 17.7 Å². The molecule has 20 heavy (non-hydrogen) atoms. The van der Waals surface area contributed by atoms with Crippen LogP contribution in [0.25, 0.3) is 0 Å². The van der Waals surface area contributed by atoms with Gasteiger partial charge in [0.15, 0.2) is 0 Å². The third-order valence-corrected chi connectivity index (χ3v) is 3.63. The largest absolute Gasteiger partial charge is 0.384 e. The van der Waals surface area contributed by atoms with E-state index in [2.05, 4.69) is 26.5 Å². The second-order valence-corrected chi connectivity index (χ2v) is 5.30. The lowest BCUT2D eigenvalue weighted by Crippen LogP contribution is -2.15. The Labute approximate surface area is 114 Å². The molecule has 1 aromatic carbocycles. The van der Waals surface area contributed by atoms with Crippen LogP contribution in [0.1, 0.15) is 5.56 Å². The van der Waals surface area contributed by atoms with Crippen molar-refractivity contribution >= 4 is 16.0 Å². The van der Waals surface area contributed by atoms with Gasteiger partial charge in [-0.25, -0.2) is 22.5 Å². The highest BCUT2D eigenvalue weighted by molar-refractivity contribution is 7.92. The van der Waals surface area contributed by atoms with Crippen molar-refractivity contribution in [2.75, 3.05) is 11.3 Å². The number of nitrogens with zero attached hydrogens (tertiary/aromatic N) is 1. The number of anilines is 1. The van der Waals surface area contributed by atoms with E-state index in [0.29, 0.717) is 0 Å². The van der Waals surface area contributed by atoms with Crippen molar-refractivity contribution in [3.05, 3.63) is 42.0 Å². The van der Waals surface area contributed by atoms with Crippen molar-refractivity contribution in [2.24, 2.45) is 0 Å². The molecule has 8 heteroatoms. The van der Waals surface area contributed by atoms with Crippen LogP contribution in [0.2, 0.25) is 0 Å². The molecule has 2 aromatic rings. The number of aromatic nitrogens is 2. The first-order chi connectivity index (χ1) is 9.53. The van der Waals surface area contributed by atoms with Crippen molar-refractivity contribution in [3.8, 4) is 11.8 Å². The molecule has 0 fully saturated rings. The normalized spacial score (nSPS) is 10.7. The maximum absolute atomic E-state index is 13.8. The van der Waals surface area contributed by atoms with Crippen LogP contribution in [0.3, 0.4) is 0 Å². The fraction of sp³-hybridized carbons (Fsp3) is 0.0833. The van der Waals surface area contributed by atoms with Crippen molar-refractivity contribution in [2.45, 2.75) is 4.90 Å². The monoisotopic (exact) mass is 295 g/mol. The quantitative estimate of drug-likeness (QED) is 0.726. The number of imidazole rings is 1. The van der Waals surface area contributed by atoms with Crippen LogP contribution in [0.4, 0.5) is 10.3 Å². The van der Waals surface area contributed by atoms with Gasteiger partial charge in [0, 0.05) is 18.0 Å². The molecule has 1 heterocycles. The molecule has 2 rings (SSSR count). The average molecular weight is 295 g/mol. The smallest absolute Gasteiger partial charge is 0.267 e. The van der Waals surface area contributed by atoms with E-state index in [-0.39, 0.29) is 18.1 Å². The summed E-state index contributed by atoms with van der Waals surface area (Å²) >= 11 is 0. The van der Waals surface area contributed by atoms with Gasteiger partial charge < -0.3 is 10.1 Å². The van der Waals surface area contributed by atoms with Gasteiger partial charge in [-0.3, -0.25) is 0 Å². The van der Waals surface area contributed by atoms with Crippen LogP contribution < -0.4 is 4.72 Å². The molecule has 0 spiro atoms. The molecule has 3 N–H and O–H groups in total. The summed E-state index contributed by atoms with van der Waals surface area (Å²) < 4.78 is 39.8. The zero-order chi connectivity index (χ0) is 14.6. The van der Waals surface area contributed by atoms with Crippen LogP contribution in [0.5, 0.6) is 0 Å². The molecule has 0 aliphatic heterocycles. The van der Waals surface area contributed by atoms with Crippen LogP contribution >= 0.6 is 0 Å². The van der Waals surface area contributed by atoms with Crippen LogP contribution in [-0.4, -0.2) is 30.1 Å². The van der Waals surface area contributed by atoms with E-state index >= 15 is 0 Å². The maximum atomic E-state index is 13.8. The summed E-state index contributed by atoms with van der Waals surface area (Å²) in [4.78, 5) is 5.73. The number of aliphatic hydroxyl groups excluding tert-OH is 1. The predicted molar refractivity (Wildman–Crippen MR) is 69.8 cm³/mol. The number of rotatable bonds is 3. The number of hydrogen-bond acceptors (Lipinski definition) is 4. The van der Waals surface area contributed by atoms with E-state index in [4.69, 9.17) is 5.11 Å². The van der Waals surface area contributed by atoms with E-state index in [1.54, 1.807) is 0 Å². The van der Waals surface area contributed by atoms with Gasteiger partial charge in [-0.05, 0) is 18.2 Å². The maximum Gasteiger partial charge on any atom is 0.267 e. The molecule has 0 atom stereocenters. The molecule has 0 radical (unpaired) electrons. The van der Waals surface area contributed by atoms with Gasteiger partial charge in [0.1, 0.15) is 17.3 Å². The van der Waals surface area contributed by atoms with E-state index < -0.39 is 20.7 Å². The fourth-order valence-electron chi connectivity index (χ4n) is 1.44. The lowest BCUT2D eigenvalue weighted by molar-refractivity contribution is 0.350. The van der Waals surface area contributed by atoms with Crippen LogP contribution in [-0.2, 0) is 10.0 Å². The molecule has 0 saturated carbocycles. The molecular weight excluding hydrogens is 285 g/mol. The fourth-order valence-corrected chi connectivity index (χ4v) is 2.48. The van der Waals surface area contributed by atoms with Gasteiger partial charge in [0.05, 0.1) is 0 Å². The molecule has 6 nitrogen and oxygen atoms in total. The highest BCUT2D eigenvalue weighted by atomic mass is 32.2. The standard InChI is InChI=1S/C12H10FN3O3S/c13-10-8-9(2-1-7-17)3-4-11(10)20(18,19)16-12-14-5-6-15-12/h3-6,8,17H,7H2,(H2,14,15,16). The van der Waals surface area contributed by atoms with Gasteiger partial charge in [0.2, 0.25) is 5.95 Å². The van der Waals surface area contributed by atoms with Crippen molar-refractivity contribution in [1.82, 2.24) is 9.97 Å². The van der Waals surface area contributed by atoms with Crippen LogP contribution in [0.15, 0.2) is 35.5 Å². The lowest BCUT2D eigenvalue weighted by atomic mass is 10.2. The van der Waals surface area contributed by atoms with Gasteiger partial charge >= 0.3 is 0 Å². The summed E-state index contributed by atoms with van der Waals surface area (Å²) in [7, 11) is -4.07. The summed E-state index contributed by atoms with van der Waals surface area (Å²) in [5.74, 6) is 3.89. The number of sulfonamides is 1. The number of nitrogens with one attached hydrogen (secondary N) is 2. The van der Waals surface area contributed by atoms with E-state index in [1.165, 1.54) is 18.5 Å². The minimum Gasteiger partial charge on any atom is -0.384 e. The Morgan fingerprint density at radius 1 is 1.45 bits per heavy atom. The molecule has 1 aromatic heterocycles. The SMILES string of the molecule is O=S(=O)(Nc1ncc[nH]1)c1ccc(C#CCO)cc1F. The first-order valence-corrected chi connectivity index (χ1v) is 6.93. The Bertz CT molecular complexity index is 761. The minimum atomic E-state index is -4.07. The van der Waals surface area contributed by atoms with Gasteiger partial charge in [-0.15, -0.1) is 0 Å². The number of aromatic amines is 1. The zero-order valence-electron chi connectivity index (χ0n) is 10.1. The summed E-state index contributed by atoms with van der Waals surface area (Å²) in [5.41, 5.74) is 0.272. The molecule has 0 aliphatic carbocycles. The molecule has 104 valence electrons. The van der Waals surface area contributed by atoms with Crippen molar-refractivity contribution in [3.63, 3.8) is 0 Å². The second-order valence-electron chi connectivity index (χ2n) is 3.65. The number of halogens is 1. The van der Waals surface area contributed by atoms with E-state index in [9.17, 15) is 12.8 Å². The summed E-state index contributed by atoms with van der Waals surface area (Å²) in [6.45, 7) is -0.359. The molecule has 0 saturated heterocycles. The van der Waals surface area contributed by atoms with Crippen molar-refractivity contribution in [1.29, 1.82) is 0 Å². The van der Waals surface area contributed by atoms with Gasteiger partial charge in [0.25, 0.3) is 10.0 Å². The molecule has 0 unspecified atom stereocenters. The van der Waals surface area contributed by atoms with Gasteiger partial charge in [-0.1, -0.05) is 11.8 Å². The predicted octanol–water partition coefficient (Wildman–Crippen LogP) is 0.693. The Hall–Kier alpha value is -2.37. The van der Waals surface area contributed by atoms with Crippen molar-refractivity contribution < 1.29 is 17.9 Å². The highest BCUT2D eigenvalue weighted by Crippen LogP contribution is 2.18. The first-order valence-electron chi connectivity index (χ1n) is 5.44. The van der Waals surface area contributed by atoms with E-state index in [0.717, 1.165) is 12.1 Å². The molecular formula is C12H10FN3O3S. The summed E-state index contributed by atoms with van der Waals surface area (Å²) in [6, 6.07) is 3.43. The number of hydrogen-bond donors (Lipinski definition) is 3. The Kier molecular flexibility index (Phi) is 4.02. The molecule has 0 bridgehead atoms. The third-order valence-electron chi connectivity index (χ3n) is 2.26. The minimum absolute atomic E-state index is 0.00597. The topological polar surface area (TPSA) is 95.1 Å². The number of benzene rings is 1. The summed E-state index contributed by atoms with van der Waals surface area (Å²) in [5, 5.41) is 8.54. The average Bonchev–Trinajstić information content (AvgIpc) is 2.88. The summed E-state index contributed by atoms with van der Waals surface area (Å²) in [6.07, 6.45) is 2.80. The molecule has 0 aliphatic rings. The first kappa shape index (κ1) is 14.0. The Morgan fingerprint density at radius 3 is 2.85 bits per heavy atom. The lowest BCUT2D eigenvalue weighted by Gasteiger charge is -2.06. The number of H-pyrrole nitrogens is 1. The Balaban J connectivity index is 2.33. The number of aliphatic hydroxyl groups is 1. The van der Waals surface area contributed by atoms with E-state index in [1.807, 2.05) is 0 Å². The Morgan fingerprint density at radius 2 is 2.25 bits per heavy atom. The third kappa shape index (κ3) is 3.14.